The maximum Gasteiger partial charge on any atom is -0.0195 e. The van der Waals surface area contributed by atoms with Crippen LogP contribution in [-0.4, -0.2) is 61.4 Å². The van der Waals surface area contributed by atoms with Gasteiger partial charge in [-0.05, 0) is 108 Å². The van der Waals surface area contributed by atoms with Crippen LogP contribution >= 0.6 is 34.9 Å². The summed E-state index contributed by atoms with van der Waals surface area (Å²) >= 11 is 4.44. The first kappa shape index (κ1) is 67.9. The number of nitrogens with zero attached hydrogens (tertiary/aromatic N) is 2. The Balaban J connectivity index is 0.000000251. The third kappa shape index (κ3) is 22.6. The summed E-state index contributed by atoms with van der Waals surface area (Å²) < 4.78 is 10.7. The van der Waals surface area contributed by atoms with Gasteiger partial charge in [0.1, 0.15) is 0 Å². The molecule has 8 aromatic rings. The first-order valence-electron chi connectivity index (χ1n) is 26.8. The van der Waals surface area contributed by atoms with Crippen molar-refractivity contribution in [1.82, 2.24) is 0 Å². The third-order valence-electron chi connectivity index (χ3n) is 12.5. The molecule has 2 N–H and O–H groups in total. The van der Waals surface area contributed by atoms with Crippen LogP contribution in [0.3, 0.4) is 0 Å². The summed E-state index contributed by atoms with van der Waals surface area (Å²) in [4.78, 5) is 9.55. The standard InChI is InChI=1S/C26H24P2.2C21H26NO2.2ClH.2Pd/c1-5-13-23(14-6-1)27(24-15-7-2-8-16-24)21-22-28(25-17-9-3-10-18-25)26-19-11-4-12-20-26;2*1-15(2)19-6-5-7-20(16(3)4)21(19)22-14-17-8-10-18(11-9-17)24-13-12-23;;;;/h1-20H,21-22H2;2*5-8,10-11,14-16,23H,12-13H2,1-4H3;2*1H;;/q;2*-1;;;2*+2/p-2. The van der Waals surface area contributed by atoms with Gasteiger partial charge in [-0.15, -0.1) is 59.7 Å². The minimum absolute atomic E-state index is 0.00712. The van der Waals surface area contributed by atoms with Gasteiger partial charge in [-0.1, -0.05) is 213 Å². The number of aliphatic hydroxyl groups is 2. The Kier molecular flexibility index (Phi) is 33.1. The van der Waals surface area contributed by atoms with E-state index >= 15 is 0 Å². The second kappa shape index (κ2) is 39.0. The van der Waals surface area contributed by atoms with Crippen molar-refractivity contribution >= 4 is 79.9 Å². The van der Waals surface area contributed by atoms with Crippen molar-refractivity contribution < 1.29 is 56.0 Å². The van der Waals surface area contributed by atoms with Crippen LogP contribution in [0.5, 0.6) is 11.5 Å². The van der Waals surface area contributed by atoms with Gasteiger partial charge in [0.25, 0.3) is 0 Å². The summed E-state index contributed by atoms with van der Waals surface area (Å²) in [7, 11) is 8.28. The van der Waals surface area contributed by atoms with E-state index in [2.05, 4.69) is 281 Å². The fraction of sp³-hybridized carbons (Fsp3) is 0.265. The summed E-state index contributed by atoms with van der Waals surface area (Å²) in [6.07, 6.45) is 6.11. The molecule has 0 atom stereocenters. The zero-order chi connectivity index (χ0) is 58.1. The molecule has 0 aromatic heterocycles. The van der Waals surface area contributed by atoms with Crippen molar-refractivity contribution in [3.63, 3.8) is 0 Å². The van der Waals surface area contributed by atoms with Crippen molar-refractivity contribution in [2.24, 2.45) is 9.98 Å². The van der Waals surface area contributed by atoms with Crippen LogP contribution in [-0.2, 0) is 36.4 Å². The molecule has 0 saturated carbocycles. The van der Waals surface area contributed by atoms with E-state index in [9.17, 15) is 0 Å². The maximum atomic E-state index is 8.78. The number of halogens is 2. The van der Waals surface area contributed by atoms with Crippen molar-refractivity contribution in [2.45, 2.75) is 79.1 Å². The minimum atomic E-state index is -0.348. The molecule has 8 rings (SSSR count). The van der Waals surface area contributed by atoms with Crippen molar-refractivity contribution in [2.75, 3.05) is 38.8 Å². The van der Waals surface area contributed by atoms with E-state index in [0.717, 1.165) is 22.5 Å². The molecular formula is C68H76Cl2N2O4P2Pd2. The molecule has 0 spiro atoms. The van der Waals surface area contributed by atoms with Crippen molar-refractivity contribution in [3.8, 4) is 11.5 Å². The maximum absolute atomic E-state index is 8.78. The van der Waals surface area contributed by atoms with Gasteiger partial charge in [-0.3, -0.25) is 0 Å². The molecule has 0 unspecified atom stereocenters. The molecule has 12 heteroatoms. The zero-order valence-corrected chi connectivity index (χ0v) is 53.5. The normalized spacial score (nSPS) is 11.0. The Bertz CT molecular complexity index is 2640. The molecular weight excluding hydrogens is 1250 g/mol. The van der Waals surface area contributed by atoms with Crippen LogP contribution in [0.4, 0.5) is 11.4 Å². The summed E-state index contributed by atoms with van der Waals surface area (Å²) in [5.41, 5.74) is 8.99. The number of ether oxygens (including phenoxy) is 2. The minimum Gasteiger partial charge on any atom is -0.0622 e. The van der Waals surface area contributed by atoms with E-state index in [1.165, 1.54) is 55.8 Å². The van der Waals surface area contributed by atoms with E-state index in [1.54, 1.807) is 12.1 Å². The topological polar surface area (TPSA) is 83.6 Å². The number of hydrogen-bond donors (Lipinski definition) is 2. The first-order valence-corrected chi connectivity index (χ1v) is 33.9. The smallest absolute Gasteiger partial charge is 0.0195 e. The molecule has 0 fully saturated rings. The van der Waals surface area contributed by atoms with Gasteiger partial charge < -0.3 is 29.7 Å². The first-order chi connectivity index (χ1) is 39.0. The van der Waals surface area contributed by atoms with Crippen molar-refractivity contribution in [3.05, 3.63) is 240 Å². The quantitative estimate of drug-likeness (QED) is 0.0325. The van der Waals surface area contributed by atoms with Gasteiger partial charge in [0.2, 0.25) is 0 Å². The number of para-hydroxylation sites is 2. The third-order valence-corrected chi connectivity index (χ3v) is 17.9. The summed E-state index contributed by atoms with van der Waals surface area (Å²) in [6, 6.07) is 74.5. The molecule has 0 aliphatic heterocycles. The van der Waals surface area contributed by atoms with Crippen LogP contribution in [0.25, 0.3) is 0 Å². The molecule has 0 aliphatic carbocycles. The SMILES string of the molecule is CC(C)c1cccc(C(C)C)c1N=Cc1[c-]cc(OCCO)cc1.CC(C)c1cccc(C(C)C)c1N=Cc1[c-]cc(OCCO)cc1.[Cl][Pd+].[Cl][Pd+].c1ccc(P(CCP(c2ccccc2)c2ccccc2)c2ccccc2)cc1. The van der Waals surface area contributed by atoms with Crippen LogP contribution in [0.1, 0.15) is 112 Å². The van der Waals surface area contributed by atoms with Gasteiger partial charge in [-0.25, -0.2) is 0 Å². The van der Waals surface area contributed by atoms with Crippen LogP contribution in [0.2, 0.25) is 0 Å². The van der Waals surface area contributed by atoms with E-state index in [-0.39, 0.29) is 29.1 Å². The number of rotatable bonds is 21. The fourth-order valence-corrected chi connectivity index (χ4v) is 13.9. The molecule has 0 radical (unpaired) electrons. The molecule has 426 valence electrons. The Morgan fingerprint density at radius 1 is 0.412 bits per heavy atom. The van der Waals surface area contributed by atoms with Gasteiger partial charge in [0.05, 0.1) is 37.8 Å². The van der Waals surface area contributed by atoms with Crippen LogP contribution < -0.4 is 30.7 Å². The van der Waals surface area contributed by atoms with Gasteiger partial charge in [-0.2, -0.15) is 0 Å². The molecule has 0 heterocycles. The van der Waals surface area contributed by atoms with E-state index < -0.39 is 0 Å². The largest absolute Gasteiger partial charge is 0.0622 e. The van der Waals surface area contributed by atoms with E-state index in [4.69, 9.17) is 29.7 Å². The van der Waals surface area contributed by atoms with Gasteiger partial charge in [0, 0.05) is 11.5 Å². The molecule has 0 bridgehead atoms. The van der Waals surface area contributed by atoms with Crippen LogP contribution in [0, 0.1) is 12.1 Å². The number of benzene rings is 8. The Labute approximate surface area is 510 Å². The number of aliphatic imine (C=N–C) groups is 2. The Morgan fingerprint density at radius 2 is 0.688 bits per heavy atom. The molecule has 8 aromatic carbocycles. The Morgan fingerprint density at radius 3 is 0.912 bits per heavy atom. The average Bonchev–Trinajstić information content (AvgIpc) is 3.50. The predicted octanol–water partition coefficient (Wildman–Crippen LogP) is 16.3. The molecule has 6 nitrogen and oxygen atoms in total. The Hall–Kier alpha value is -4.62. The van der Waals surface area contributed by atoms with Crippen molar-refractivity contribution in [1.29, 1.82) is 0 Å². The molecule has 80 heavy (non-hydrogen) atoms. The summed E-state index contributed by atoms with van der Waals surface area (Å²) in [5, 5.41) is 23.4. The zero-order valence-electron chi connectivity index (χ0n) is 47.1. The van der Waals surface area contributed by atoms with Gasteiger partial charge in [0.15, 0.2) is 0 Å². The number of aliphatic hydroxyl groups excluding tert-OH is 2. The molecule has 0 saturated heterocycles. The van der Waals surface area contributed by atoms with Crippen LogP contribution in [0.15, 0.2) is 204 Å². The summed E-state index contributed by atoms with van der Waals surface area (Å²) in [6.45, 7) is 18.1. The second-order valence-electron chi connectivity index (χ2n) is 19.5. The van der Waals surface area contributed by atoms with Gasteiger partial charge >= 0.3 is 55.4 Å². The summed E-state index contributed by atoms with van der Waals surface area (Å²) in [5.74, 6) is 3.10. The molecule has 0 amide bonds. The average molecular weight is 1330 g/mol. The van der Waals surface area contributed by atoms with E-state index in [1.807, 2.05) is 36.7 Å². The fourth-order valence-electron chi connectivity index (χ4n) is 8.55. The van der Waals surface area contributed by atoms with E-state index in [0.29, 0.717) is 48.4 Å². The number of hydrogen-bond acceptors (Lipinski definition) is 6. The predicted molar refractivity (Wildman–Crippen MR) is 339 cm³/mol. The second-order valence-corrected chi connectivity index (χ2v) is 24.1. The molecule has 0 aliphatic rings. The monoisotopic (exact) mass is 1330 g/mol.